The molecule has 1 fully saturated rings. The summed E-state index contributed by atoms with van der Waals surface area (Å²) < 4.78 is 6.30. The Bertz CT molecular complexity index is 759. The van der Waals surface area contributed by atoms with Gasteiger partial charge in [-0.15, -0.1) is 24.0 Å². The number of aryl methyl sites for hydroxylation is 2. The highest BCUT2D eigenvalue weighted by Gasteiger charge is 2.20. The third kappa shape index (κ3) is 7.04. The molecule has 1 saturated heterocycles. The first-order valence-electron chi connectivity index (χ1n) is 9.48. The van der Waals surface area contributed by atoms with Crippen molar-refractivity contribution in [2.75, 3.05) is 39.8 Å². The Hall–Kier alpha value is -1.13. The Morgan fingerprint density at radius 3 is 2.68 bits per heavy atom. The fourth-order valence-corrected chi connectivity index (χ4v) is 3.80. The van der Waals surface area contributed by atoms with E-state index in [9.17, 15) is 0 Å². The van der Waals surface area contributed by atoms with Gasteiger partial charge in [-0.05, 0) is 37.5 Å². The Kier molecular flexibility index (Phi) is 9.73. The summed E-state index contributed by atoms with van der Waals surface area (Å²) in [5.74, 6) is 1.87. The molecule has 0 unspecified atom stereocenters. The maximum absolute atomic E-state index is 5.16. The zero-order valence-electron chi connectivity index (χ0n) is 16.5. The van der Waals surface area contributed by atoms with Crippen molar-refractivity contribution in [3.05, 3.63) is 51.8 Å². The van der Waals surface area contributed by atoms with E-state index >= 15 is 0 Å². The fourth-order valence-electron chi connectivity index (χ4n) is 3.36. The predicted octanol–water partition coefficient (Wildman–Crippen LogP) is 3.69. The molecule has 0 spiro atoms. The van der Waals surface area contributed by atoms with Crippen LogP contribution in [-0.4, -0.2) is 60.7 Å². The van der Waals surface area contributed by atoms with E-state index in [1.165, 1.54) is 5.56 Å². The van der Waals surface area contributed by atoms with Gasteiger partial charge in [-0.1, -0.05) is 33.2 Å². The van der Waals surface area contributed by atoms with Gasteiger partial charge in [-0.3, -0.25) is 9.89 Å². The minimum absolute atomic E-state index is 0. The van der Waals surface area contributed by atoms with Crippen molar-refractivity contribution in [3.8, 4) is 0 Å². The summed E-state index contributed by atoms with van der Waals surface area (Å²) in [6.45, 7) is 7.67. The van der Waals surface area contributed by atoms with Crippen molar-refractivity contribution < 1.29 is 4.52 Å². The van der Waals surface area contributed by atoms with E-state index in [0.717, 1.165) is 74.0 Å². The molecule has 1 aromatic heterocycles. The van der Waals surface area contributed by atoms with Gasteiger partial charge in [0.25, 0.3) is 0 Å². The first-order chi connectivity index (χ1) is 13.1. The number of nitrogens with one attached hydrogen (secondary N) is 1. The van der Waals surface area contributed by atoms with Crippen LogP contribution in [0.5, 0.6) is 0 Å². The van der Waals surface area contributed by atoms with E-state index in [1.807, 2.05) is 20.0 Å². The summed E-state index contributed by atoms with van der Waals surface area (Å²) in [6, 6.07) is 10.5. The summed E-state index contributed by atoms with van der Waals surface area (Å²) in [5, 5.41) is 7.60. The molecule has 0 saturated carbocycles. The maximum atomic E-state index is 5.16. The summed E-state index contributed by atoms with van der Waals surface area (Å²) in [7, 11) is 1.86. The molecule has 6 nitrogen and oxygen atoms in total. The zero-order valence-corrected chi connectivity index (χ0v) is 20.4. The Morgan fingerprint density at radius 2 is 2.04 bits per heavy atom. The van der Waals surface area contributed by atoms with E-state index in [4.69, 9.17) is 4.52 Å². The predicted molar refractivity (Wildman–Crippen MR) is 127 cm³/mol. The zero-order chi connectivity index (χ0) is 19.1. The Labute approximate surface area is 192 Å². The molecule has 1 aliphatic heterocycles. The van der Waals surface area contributed by atoms with Gasteiger partial charge >= 0.3 is 0 Å². The number of piperazine rings is 1. The standard InChI is InChI=1S/C20H28BrN5O.HI/c1-16-13-19(24-27-16)15-25-9-11-26(12-10-25)20(22-2)23-8-4-6-17-5-3-7-18(21)14-17;/h3,5,7,13-14H,4,6,8-12,15H2,1-2H3,(H,22,23);1H. The van der Waals surface area contributed by atoms with Gasteiger partial charge in [0, 0.05) is 56.9 Å². The lowest BCUT2D eigenvalue weighted by atomic mass is 10.1. The number of benzene rings is 1. The summed E-state index contributed by atoms with van der Waals surface area (Å²) in [6.07, 6.45) is 2.15. The highest BCUT2D eigenvalue weighted by atomic mass is 127. The van der Waals surface area contributed by atoms with Crippen molar-refractivity contribution in [1.82, 2.24) is 20.3 Å². The lowest BCUT2D eigenvalue weighted by Crippen LogP contribution is -2.52. The van der Waals surface area contributed by atoms with Crippen LogP contribution < -0.4 is 5.32 Å². The number of aromatic nitrogens is 1. The van der Waals surface area contributed by atoms with Gasteiger partial charge in [0.2, 0.25) is 0 Å². The van der Waals surface area contributed by atoms with Crippen LogP contribution in [0.3, 0.4) is 0 Å². The number of hydrogen-bond acceptors (Lipinski definition) is 4. The fraction of sp³-hybridized carbons (Fsp3) is 0.500. The third-order valence-corrected chi connectivity index (χ3v) is 5.25. The summed E-state index contributed by atoms with van der Waals surface area (Å²) >= 11 is 3.53. The largest absolute Gasteiger partial charge is 0.361 e. The SMILES string of the molecule is CN=C(NCCCc1cccc(Br)c1)N1CCN(Cc2cc(C)on2)CC1.I. The van der Waals surface area contributed by atoms with Gasteiger partial charge in [-0.2, -0.15) is 0 Å². The molecule has 8 heteroatoms. The van der Waals surface area contributed by atoms with Crippen LogP contribution in [0.1, 0.15) is 23.4 Å². The number of hydrogen-bond donors (Lipinski definition) is 1. The molecule has 1 N–H and O–H groups in total. The number of rotatable bonds is 6. The second kappa shape index (κ2) is 11.8. The van der Waals surface area contributed by atoms with Crippen LogP contribution >= 0.6 is 39.9 Å². The molecule has 0 aliphatic carbocycles. The second-order valence-corrected chi connectivity index (χ2v) is 7.82. The number of nitrogens with zero attached hydrogens (tertiary/aromatic N) is 4. The molecular formula is C20H29BrIN5O. The maximum Gasteiger partial charge on any atom is 0.193 e. The Morgan fingerprint density at radius 1 is 1.25 bits per heavy atom. The average molecular weight is 562 g/mol. The number of aliphatic imine (C=N–C) groups is 1. The molecule has 1 aliphatic rings. The molecule has 28 heavy (non-hydrogen) atoms. The second-order valence-electron chi connectivity index (χ2n) is 6.90. The molecule has 2 aromatic rings. The smallest absolute Gasteiger partial charge is 0.193 e. The number of guanidine groups is 1. The molecular weight excluding hydrogens is 533 g/mol. The van der Waals surface area contributed by atoms with E-state index in [2.05, 4.69) is 65.5 Å². The molecule has 154 valence electrons. The van der Waals surface area contributed by atoms with Gasteiger partial charge in [0.15, 0.2) is 5.96 Å². The normalized spacial score (nSPS) is 15.4. The van der Waals surface area contributed by atoms with E-state index < -0.39 is 0 Å². The van der Waals surface area contributed by atoms with Crippen LogP contribution in [0.15, 0.2) is 44.3 Å². The van der Waals surface area contributed by atoms with Crippen LogP contribution in [-0.2, 0) is 13.0 Å². The van der Waals surface area contributed by atoms with Gasteiger partial charge in [0.1, 0.15) is 5.76 Å². The van der Waals surface area contributed by atoms with Crippen LogP contribution in [0.4, 0.5) is 0 Å². The van der Waals surface area contributed by atoms with Crippen molar-refractivity contribution in [2.24, 2.45) is 4.99 Å². The average Bonchev–Trinajstić information content (AvgIpc) is 3.07. The minimum Gasteiger partial charge on any atom is -0.361 e. The van der Waals surface area contributed by atoms with Crippen molar-refractivity contribution in [3.63, 3.8) is 0 Å². The highest BCUT2D eigenvalue weighted by Crippen LogP contribution is 2.13. The van der Waals surface area contributed by atoms with Crippen molar-refractivity contribution in [1.29, 1.82) is 0 Å². The molecule has 0 amide bonds. The number of halogens is 2. The van der Waals surface area contributed by atoms with Gasteiger partial charge < -0.3 is 14.7 Å². The third-order valence-electron chi connectivity index (χ3n) is 4.76. The topological polar surface area (TPSA) is 56.9 Å². The quantitative estimate of drug-likeness (QED) is 0.252. The molecule has 1 aromatic carbocycles. The summed E-state index contributed by atoms with van der Waals surface area (Å²) in [5.41, 5.74) is 2.37. The van der Waals surface area contributed by atoms with E-state index in [1.54, 1.807) is 0 Å². The molecule has 0 radical (unpaired) electrons. The van der Waals surface area contributed by atoms with Crippen molar-refractivity contribution >= 4 is 45.9 Å². The lowest BCUT2D eigenvalue weighted by Gasteiger charge is -2.36. The molecule has 3 rings (SSSR count). The first kappa shape index (κ1) is 23.2. The Balaban J connectivity index is 0.00000280. The monoisotopic (exact) mass is 561 g/mol. The first-order valence-corrected chi connectivity index (χ1v) is 10.3. The highest BCUT2D eigenvalue weighted by molar-refractivity contribution is 14.0. The van der Waals surface area contributed by atoms with Crippen LogP contribution in [0.2, 0.25) is 0 Å². The molecule has 2 heterocycles. The van der Waals surface area contributed by atoms with E-state index in [-0.39, 0.29) is 24.0 Å². The molecule has 0 bridgehead atoms. The molecule has 0 atom stereocenters. The van der Waals surface area contributed by atoms with Crippen molar-refractivity contribution in [2.45, 2.75) is 26.3 Å². The minimum atomic E-state index is 0. The van der Waals surface area contributed by atoms with Gasteiger partial charge in [-0.25, -0.2) is 0 Å². The van der Waals surface area contributed by atoms with Gasteiger partial charge in [0.05, 0.1) is 5.69 Å². The lowest BCUT2D eigenvalue weighted by molar-refractivity contribution is 0.169. The van der Waals surface area contributed by atoms with Crippen LogP contribution in [0.25, 0.3) is 0 Å². The van der Waals surface area contributed by atoms with Crippen LogP contribution in [0, 0.1) is 6.92 Å². The summed E-state index contributed by atoms with van der Waals surface area (Å²) in [4.78, 5) is 9.21. The van der Waals surface area contributed by atoms with E-state index in [0.29, 0.717) is 0 Å².